The summed E-state index contributed by atoms with van der Waals surface area (Å²) >= 11 is 0. The predicted octanol–water partition coefficient (Wildman–Crippen LogP) is 2.00. The fourth-order valence-corrected chi connectivity index (χ4v) is 5.88. The van der Waals surface area contributed by atoms with E-state index in [9.17, 15) is 13.2 Å². The highest BCUT2D eigenvalue weighted by Gasteiger charge is 2.48. The Kier molecular flexibility index (Phi) is 3.23. The molecule has 110 valence electrons. The summed E-state index contributed by atoms with van der Waals surface area (Å²) in [5, 5.41) is 3.60. The van der Waals surface area contributed by atoms with E-state index in [0.717, 1.165) is 12.8 Å². The van der Waals surface area contributed by atoms with Gasteiger partial charge in [-0.3, -0.25) is 9.48 Å². The minimum absolute atomic E-state index is 0.0590. The molecular weight excluding hydrogens is 276 g/mol. The van der Waals surface area contributed by atoms with Gasteiger partial charge < -0.3 is 0 Å². The number of carbonyl (C=O) groups excluding carboxylic acids is 1. The van der Waals surface area contributed by atoms with Gasteiger partial charge in [-0.1, -0.05) is 0 Å². The van der Waals surface area contributed by atoms with Crippen LogP contribution < -0.4 is 0 Å². The normalized spacial score (nSPS) is 31.6. The van der Waals surface area contributed by atoms with Gasteiger partial charge in [0.15, 0.2) is 15.6 Å². The molecule has 2 aliphatic heterocycles. The fourth-order valence-electron chi connectivity index (χ4n) is 3.40. The van der Waals surface area contributed by atoms with Gasteiger partial charge in [0.25, 0.3) is 0 Å². The van der Waals surface area contributed by atoms with Gasteiger partial charge >= 0.3 is 0 Å². The standard InChI is InChI=1S/C14H20N2O3S/c1-9(2)16-8-11(7-15-16)14(17)10-5-12-3-4-13(6-10)20(12,18)19/h7-10,12-13H,3-6H2,1-2H3. The lowest BCUT2D eigenvalue weighted by Gasteiger charge is -2.26. The highest BCUT2D eigenvalue weighted by molar-refractivity contribution is 7.93. The lowest BCUT2D eigenvalue weighted by molar-refractivity contribution is 0.0905. The van der Waals surface area contributed by atoms with E-state index in [4.69, 9.17) is 0 Å². The second-order valence-electron chi connectivity index (χ2n) is 6.25. The number of fused-ring (bicyclic) bond motifs is 2. The molecule has 0 radical (unpaired) electrons. The summed E-state index contributed by atoms with van der Waals surface area (Å²) in [4.78, 5) is 12.5. The third kappa shape index (κ3) is 2.10. The Morgan fingerprint density at radius 2 is 1.90 bits per heavy atom. The highest BCUT2D eigenvalue weighted by atomic mass is 32.2. The number of Topliss-reactive ketones (excluding diaryl/α,β-unsaturated/α-hetero) is 1. The molecule has 1 aromatic heterocycles. The van der Waals surface area contributed by atoms with Gasteiger partial charge in [0.2, 0.25) is 0 Å². The molecule has 6 heteroatoms. The van der Waals surface area contributed by atoms with Crippen molar-refractivity contribution in [3.05, 3.63) is 18.0 Å². The first-order chi connectivity index (χ1) is 9.39. The highest BCUT2D eigenvalue weighted by Crippen LogP contribution is 2.42. The zero-order chi connectivity index (χ0) is 14.5. The summed E-state index contributed by atoms with van der Waals surface area (Å²) in [7, 11) is -2.96. The van der Waals surface area contributed by atoms with Crippen molar-refractivity contribution in [3.63, 3.8) is 0 Å². The zero-order valence-corrected chi connectivity index (χ0v) is 12.6. The molecule has 2 bridgehead atoms. The SMILES string of the molecule is CC(C)n1cc(C(=O)C2CC3CCC(C2)S3(=O)=O)cn1. The monoisotopic (exact) mass is 296 g/mol. The van der Waals surface area contributed by atoms with Gasteiger partial charge in [-0.15, -0.1) is 0 Å². The maximum atomic E-state index is 12.5. The molecule has 5 nitrogen and oxygen atoms in total. The topological polar surface area (TPSA) is 69.0 Å². The van der Waals surface area contributed by atoms with Crippen molar-refractivity contribution in [3.8, 4) is 0 Å². The average molecular weight is 296 g/mol. The van der Waals surface area contributed by atoms with Crippen LogP contribution in [-0.2, 0) is 9.84 Å². The van der Waals surface area contributed by atoms with Crippen LogP contribution in [-0.4, -0.2) is 34.5 Å². The van der Waals surface area contributed by atoms with Crippen molar-refractivity contribution in [1.82, 2.24) is 9.78 Å². The molecule has 0 spiro atoms. The third-order valence-electron chi connectivity index (χ3n) is 4.62. The molecule has 1 aromatic rings. The molecule has 2 atom stereocenters. The number of rotatable bonds is 3. The molecular formula is C14H20N2O3S. The van der Waals surface area contributed by atoms with Crippen LogP contribution in [0.1, 0.15) is 55.9 Å². The van der Waals surface area contributed by atoms with Gasteiger partial charge in [-0.2, -0.15) is 5.10 Å². The number of hydrogen-bond donors (Lipinski definition) is 0. The molecule has 20 heavy (non-hydrogen) atoms. The first-order valence-corrected chi connectivity index (χ1v) is 8.81. The van der Waals surface area contributed by atoms with Crippen LogP contribution >= 0.6 is 0 Å². The van der Waals surface area contributed by atoms with Crippen LogP contribution in [0.4, 0.5) is 0 Å². The second-order valence-corrected chi connectivity index (χ2v) is 8.76. The van der Waals surface area contributed by atoms with Gasteiger partial charge in [0.05, 0.1) is 22.3 Å². The van der Waals surface area contributed by atoms with Crippen LogP contribution in [0.25, 0.3) is 0 Å². The van der Waals surface area contributed by atoms with Crippen LogP contribution in [0.2, 0.25) is 0 Å². The molecule has 3 rings (SSSR count). The van der Waals surface area contributed by atoms with Crippen molar-refractivity contribution in [2.45, 2.75) is 56.1 Å². The van der Waals surface area contributed by atoms with E-state index in [2.05, 4.69) is 5.10 Å². The number of aromatic nitrogens is 2. The molecule has 2 unspecified atom stereocenters. The van der Waals surface area contributed by atoms with Crippen molar-refractivity contribution in [1.29, 1.82) is 0 Å². The smallest absolute Gasteiger partial charge is 0.169 e. The van der Waals surface area contributed by atoms with Crippen molar-refractivity contribution in [2.24, 2.45) is 5.92 Å². The third-order valence-corrected chi connectivity index (χ3v) is 7.34. The maximum Gasteiger partial charge on any atom is 0.169 e. The van der Waals surface area contributed by atoms with Crippen LogP contribution in [0.3, 0.4) is 0 Å². The van der Waals surface area contributed by atoms with E-state index in [1.54, 1.807) is 17.1 Å². The Morgan fingerprint density at radius 1 is 1.30 bits per heavy atom. The molecule has 3 heterocycles. The maximum absolute atomic E-state index is 12.5. The molecule has 2 saturated heterocycles. The number of sulfone groups is 1. The van der Waals surface area contributed by atoms with E-state index in [0.29, 0.717) is 18.4 Å². The molecule has 0 aliphatic carbocycles. The largest absolute Gasteiger partial charge is 0.294 e. The number of hydrogen-bond acceptors (Lipinski definition) is 4. The summed E-state index contributed by atoms with van der Waals surface area (Å²) in [6.07, 6.45) is 5.81. The first kappa shape index (κ1) is 13.8. The predicted molar refractivity (Wildman–Crippen MR) is 75.4 cm³/mol. The Hall–Kier alpha value is -1.17. The summed E-state index contributed by atoms with van der Waals surface area (Å²) in [6, 6.07) is 0.222. The van der Waals surface area contributed by atoms with Crippen molar-refractivity contribution >= 4 is 15.6 Å². The van der Waals surface area contributed by atoms with Crippen LogP contribution in [0, 0.1) is 5.92 Å². The van der Waals surface area contributed by atoms with Gasteiger partial charge in [-0.05, 0) is 39.5 Å². The number of carbonyl (C=O) groups is 1. The van der Waals surface area contributed by atoms with Crippen molar-refractivity contribution < 1.29 is 13.2 Å². The summed E-state index contributed by atoms with van der Waals surface area (Å²) < 4.78 is 25.9. The first-order valence-electron chi connectivity index (χ1n) is 7.20. The number of nitrogens with zero attached hydrogens (tertiary/aromatic N) is 2. The Bertz CT molecular complexity index is 613. The summed E-state index contributed by atoms with van der Waals surface area (Å²) in [5.74, 6) is -0.0930. The Labute approximate surface area is 119 Å². The summed E-state index contributed by atoms with van der Waals surface area (Å²) in [6.45, 7) is 4.02. The lowest BCUT2D eigenvalue weighted by atomic mass is 9.92. The Morgan fingerprint density at radius 3 is 2.40 bits per heavy atom. The van der Waals surface area contributed by atoms with E-state index < -0.39 is 9.84 Å². The molecule has 2 fully saturated rings. The van der Waals surface area contributed by atoms with E-state index in [1.165, 1.54) is 0 Å². The van der Waals surface area contributed by atoms with E-state index in [1.807, 2.05) is 13.8 Å². The molecule has 2 aliphatic rings. The minimum atomic E-state index is -2.96. The van der Waals surface area contributed by atoms with Crippen molar-refractivity contribution in [2.75, 3.05) is 0 Å². The van der Waals surface area contributed by atoms with Gasteiger partial charge in [0.1, 0.15) is 0 Å². The van der Waals surface area contributed by atoms with E-state index >= 15 is 0 Å². The van der Waals surface area contributed by atoms with E-state index in [-0.39, 0.29) is 28.2 Å². The molecule has 0 aromatic carbocycles. The van der Waals surface area contributed by atoms with Gasteiger partial charge in [0, 0.05) is 18.2 Å². The quantitative estimate of drug-likeness (QED) is 0.800. The molecule has 0 saturated carbocycles. The minimum Gasteiger partial charge on any atom is -0.294 e. The number of ketones is 1. The van der Waals surface area contributed by atoms with Crippen LogP contribution in [0.5, 0.6) is 0 Å². The zero-order valence-electron chi connectivity index (χ0n) is 11.8. The fraction of sp³-hybridized carbons (Fsp3) is 0.714. The Balaban J connectivity index is 1.79. The van der Waals surface area contributed by atoms with Gasteiger partial charge in [-0.25, -0.2) is 8.42 Å². The summed E-state index contributed by atoms with van der Waals surface area (Å²) in [5.41, 5.74) is 0.613. The molecule has 0 N–H and O–H groups in total. The average Bonchev–Trinajstić information content (AvgIpc) is 2.88. The lowest BCUT2D eigenvalue weighted by Crippen LogP contribution is -2.36. The van der Waals surface area contributed by atoms with Crippen LogP contribution in [0.15, 0.2) is 12.4 Å². The second kappa shape index (κ2) is 4.69. The molecule has 0 amide bonds.